The van der Waals surface area contributed by atoms with E-state index >= 15 is 0 Å². The molecule has 1 fully saturated rings. The smallest absolute Gasteiger partial charge is 0.239 e. The lowest BCUT2D eigenvalue weighted by Gasteiger charge is -2.36. The number of nitrogens with zero attached hydrogens (tertiary/aromatic N) is 4. The number of carbonyl (C=O) groups is 1. The van der Waals surface area contributed by atoms with E-state index in [-0.39, 0.29) is 11.9 Å². The number of amides is 1. The summed E-state index contributed by atoms with van der Waals surface area (Å²) < 4.78 is 1.94. The standard InChI is InChI=1S/C16H29N5OS/c1-12-14(13(2)19(3)18-12)11-20-6-8-21(9-7-20)16(22)15(17)5-10-23-4/h15H,5-11,17H2,1-4H3/t15-/m0/s1. The quantitative estimate of drug-likeness (QED) is 0.829. The summed E-state index contributed by atoms with van der Waals surface area (Å²) >= 11 is 1.73. The number of thioether (sulfide) groups is 1. The predicted octanol–water partition coefficient (Wildman–Crippen LogP) is 0.762. The highest BCUT2D eigenvalue weighted by Gasteiger charge is 2.25. The Bertz CT molecular complexity index is 537. The molecule has 0 aromatic carbocycles. The summed E-state index contributed by atoms with van der Waals surface area (Å²) in [5, 5.41) is 4.48. The van der Waals surface area contributed by atoms with Gasteiger partial charge in [-0.2, -0.15) is 16.9 Å². The van der Waals surface area contributed by atoms with Gasteiger partial charge in [-0.3, -0.25) is 14.4 Å². The van der Waals surface area contributed by atoms with Gasteiger partial charge in [-0.1, -0.05) is 0 Å². The summed E-state index contributed by atoms with van der Waals surface area (Å²) in [6.07, 6.45) is 2.80. The molecule has 0 bridgehead atoms. The summed E-state index contributed by atoms with van der Waals surface area (Å²) in [4.78, 5) is 16.7. The van der Waals surface area contributed by atoms with Crippen molar-refractivity contribution in [2.45, 2.75) is 32.9 Å². The minimum atomic E-state index is -0.350. The number of piperazine rings is 1. The highest BCUT2D eigenvalue weighted by Crippen LogP contribution is 2.16. The molecule has 130 valence electrons. The second kappa shape index (κ2) is 8.17. The van der Waals surface area contributed by atoms with E-state index in [9.17, 15) is 4.79 Å². The topological polar surface area (TPSA) is 67.4 Å². The second-order valence-corrected chi connectivity index (χ2v) is 7.25. The molecule has 1 atom stereocenters. The van der Waals surface area contributed by atoms with Gasteiger partial charge < -0.3 is 10.6 Å². The fourth-order valence-corrected chi connectivity index (χ4v) is 3.49. The Morgan fingerprint density at radius 3 is 2.48 bits per heavy atom. The van der Waals surface area contributed by atoms with Crippen molar-refractivity contribution in [3.8, 4) is 0 Å². The first kappa shape index (κ1) is 18.3. The number of nitrogens with two attached hydrogens (primary N) is 1. The van der Waals surface area contributed by atoms with Crippen LogP contribution in [0.15, 0.2) is 0 Å². The number of aromatic nitrogens is 2. The van der Waals surface area contributed by atoms with Gasteiger partial charge in [0.1, 0.15) is 0 Å². The van der Waals surface area contributed by atoms with Crippen LogP contribution in [0.5, 0.6) is 0 Å². The van der Waals surface area contributed by atoms with Crippen molar-refractivity contribution in [1.82, 2.24) is 19.6 Å². The van der Waals surface area contributed by atoms with Gasteiger partial charge in [0.2, 0.25) is 5.91 Å². The van der Waals surface area contributed by atoms with Crippen LogP contribution < -0.4 is 5.73 Å². The zero-order chi connectivity index (χ0) is 17.0. The highest BCUT2D eigenvalue weighted by atomic mass is 32.2. The molecule has 7 heteroatoms. The first-order valence-corrected chi connectivity index (χ1v) is 9.58. The van der Waals surface area contributed by atoms with Crippen LogP contribution >= 0.6 is 11.8 Å². The van der Waals surface area contributed by atoms with Crippen molar-refractivity contribution >= 4 is 17.7 Å². The summed E-state index contributed by atoms with van der Waals surface area (Å²) in [6.45, 7) is 8.41. The van der Waals surface area contributed by atoms with Crippen molar-refractivity contribution in [2.75, 3.05) is 38.2 Å². The molecule has 1 saturated heterocycles. The number of hydrogen-bond donors (Lipinski definition) is 1. The molecule has 1 aromatic rings. The van der Waals surface area contributed by atoms with Crippen molar-refractivity contribution < 1.29 is 4.79 Å². The fraction of sp³-hybridized carbons (Fsp3) is 0.750. The second-order valence-electron chi connectivity index (χ2n) is 6.26. The molecule has 6 nitrogen and oxygen atoms in total. The Morgan fingerprint density at radius 2 is 1.96 bits per heavy atom. The Labute approximate surface area is 143 Å². The van der Waals surface area contributed by atoms with Gasteiger partial charge in [0.25, 0.3) is 0 Å². The van der Waals surface area contributed by atoms with Crippen LogP contribution in [-0.4, -0.2) is 69.7 Å². The molecular formula is C16H29N5OS. The Hall–Kier alpha value is -1.05. The Morgan fingerprint density at radius 1 is 1.30 bits per heavy atom. The van der Waals surface area contributed by atoms with Crippen molar-refractivity contribution in [3.63, 3.8) is 0 Å². The molecule has 0 unspecified atom stereocenters. The summed E-state index contributed by atoms with van der Waals surface area (Å²) in [5.74, 6) is 1.04. The molecule has 0 spiro atoms. The van der Waals surface area contributed by atoms with Gasteiger partial charge in [0.05, 0.1) is 11.7 Å². The highest BCUT2D eigenvalue weighted by molar-refractivity contribution is 7.98. The minimum Gasteiger partial charge on any atom is -0.339 e. The van der Waals surface area contributed by atoms with Crippen LogP contribution in [0.4, 0.5) is 0 Å². The van der Waals surface area contributed by atoms with Gasteiger partial charge in [-0.15, -0.1) is 0 Å². The predicted molar refractivity (Wildman–Crippen MR) is 95.5 cm³/mol. The molecule has 0 radical (unpaired) electrons. The molecule has 1 aliphatic heterocycles. The molecule has 2 rings (SSSR count). The van der Waals surface area contributed by atoms with Crippen LogP contribution in [0, 0.1) is 13.8 Å². The van der Waals surface area contributed by atoms with Crippen LogP contribution in [0.25, 0.3) is 0 Å². The van der Waals surface area contributed by atoms with Gasteiger partial charge in [-0.25, -0.2) is 0 Å². The third-order valence-electron chi connectivity index (χ3n) is 4.67. The molecule has 1 aromatic heterocycles. The van der Waals surface area contributed by atoms with E-state index in [0.717, 1.165) is 50.6 Å². The third kappa shape index (κ3) is 4.49. The molecule has 1 aliphatic rings. The normalized spacial score (nSPS) is 17.5. The largest absolute Gasteiger partial charge is 0.339 e. The van der Waals surface area contributed by atoms with E-state index in [0.29, 0.717) is 0 Å². The average Bonchev–Trinajstić information content (AvgIpc) is 2.79. The maximum Gasteiger partial charge on any atom is 0.239 e. The molecule has 1 amide bonds. The van der Waals surface area contributed by atoms with E-state index in [4.69, 9.17) is 5.73 Å². The lowest BCUT2D eigenvalue weighted by atomic mass is 10.1. The summed E-state index contributed by atoms with van der Waals surface area (Å²) in [5.41, 5.74) is 9.64. The van der Waals surface area contributed by atoms with Gasteiger partial charge >= 0.3 is 0 Å². The zero-order valence-electron chi connectivity index (χ0n) is 14.7. The molecule has 2 N–H and O–H groups in total. The maximum atomic E-state index is 12.3. The zero-order valence-corrected chi connectivity index (χ0v) is 15.5. The first-order chi connectivity index (χ1) is 10.9. The van der Waals surface area contributed by atoms with E-state index in [1.54, 1.807) is 11.8 Å². The van der Waals surface area contributed by atoms with E-state index in [1.165, 1.54) is 11.3 Å². The fourth-order valence-electron chi connectivity index (χ4n) is 3.00. The van der Waals surface area contributed by atoms with Crippen LogP contribution in [0.2, 0.25) is 0 Å². The summed E-state index contributed by atoms with van der Waals surface area (Å²) in [6, 6.07) is -0.350. The molecule has 0 saturated carbocycles. The van der Waals surface area contributed by atoms with E-state index < -0.39 is 0 Å². The summed E-state index contributed by atoms with van der Waals surface area (Å²) in [7, 11) is 1.98. The van der Waals surface area contributed by atoms with Gasteiger partial charge in [-0.05, 0) is 32.3 Å². The van der Waals surface area contributed by atoms with Crippen LogP contribution in [0.1, 0.15) is 23.4 Å². The maximum absolute atomic E-state index is 12.3. The van der Waals surface area contributed by atoms with Gasteiger partial charge in [0.15, 0.2) is 0 Å². The van der Waals surface area contributed by atoms with Crippen molar-refractivity contribution in [1.29, 1.82) is 0 Å². The molecular weight excluding hydrogens is 310 g/mol. The van der Waals surface area contributed by atoms with E-state index in [1.807, 2.05) is 22.9 Å². The third-order valence-corrected chi connectivity index (χ3v) is 5.32. The number of rotatable bonds is 6. The van der Waals surface area contributed by atoms with E-state index in [2.05, 4.69) is 23.8 Å². The van der Waals surface area contributed by atoms with Crippen molar-refractivity contribution in [2.24, 2.45) is 12.8 Å². The minimum absolute atomic E-state index is 0.104. The lowest BCUT2D eigenvalue weighted by Crippen LogP contribution is -2.53. The van der Waals surface area contributed by atoms with Crippen LogP contribution in [-0.2, 0) is 18.4 Å². The monoisotopic (exact) mass is 339 g/mol. The number of aryl methyl sites for hydroxylation is 2. The first-order valence-electron chi connectivity index (χ1n) is 8.18. The Balaban J connectivity index is 1.85. The van der Waals surface area contributed by atoms with Crippen molar-refractivity contribution in [3.05, 3.63) is 17.0 Å². The lowest BCUT2D eigenvalue weighted by molar-refractivity contribution is -0.134. The average molecular weight is 340 g/mol. The molecule has 2 heterocycles. The molecule has 0 aliphatic carbocycles. The SMILES string of the molecule is CSCC[C@H](N)C(=O)N1CCN(Cc2c(C)nn(C)c2C)CC1. The number of carbonyl (C=O) groups excluding carboxylic acids is 1. The number of hydrogen-bond acceptors (Lipinski definition) is 5. The Kier molecular flexibility index (Phi) is 6.50. The van der Waals surface area contributed by atoms with Crippen LogP contribution in [0.3, 0.4) is 0 Å². The van der Waals surface area contributed by atoms with Gasteiger partial charge in [0, 0.05) is 51.0 Å². The molecule has 23 heavy (non-hydrogen) atoms.